The highest BCUT2D eigenvalue weighted by Gasteiger charge is 2.12. The van der Waals surface area contributed by atoms with E-state index in [0.717, 1.165) is 18.7 Å². The van der Waals surface area contributed by atoms with Crippen molar-refractivity contribution in [3.05, 3.63) is 28.8 Å². The number of nitrogens with zero attached hydrogens (tertiary/aromatic N) is 1. The lowest BCUT2D eigenvalue weighted by Crippen LogP contribution is -2.22. The second kappa shape index (κ2) is 8.33. The molecule has 0 spiro atoms. The molecule has 19 heavy (non-hydrogen) atoms. The minimum Gasteiger partial charge on any atom is -0.385 e. The summed E-state index contributed by atoms with van der Waals surface area (Å²) in [6.07, 6.45) is 4.44. The van der Waals surface area contributed by atoms with Gasteiger partial charge in [0.15, 0.2) is 0 Å². The van der Waals surface area contributed by atoms with E-state index in [9.17, 15) is 4.79 Å². The molecule has 1 N–H and O–H groups in total. The first kappa shape index (κ1) is 16.2. The van der Waals surface area contributed by atoms with E-state index in [2.05, 4.69) is 11.6 Å². The molecular formula is C14H21ClN2OS. The van der Waals surface area contributed by atoms with Crippen molar-refractivity contribution in [3.8, 4) is 0 Å². The van der Waals surface area contributed by atoms with E-state index in [0.29, 0.717) is 10.6 Å². The summed E-state index contributed by atoms with van der Waals surface area (Å²) in [5.41, 5.74) is 1.49. The molecule has 1 amide bonds. The number of hydrogen-bond donors (Lipinski definition) is 1. The van der Waals surface area contributed by atoms with Crippen LogP contribution in [0.1, 0.15) is 23.2 Å². The van der Waals surface area contributed by atoms with Crippen LogP contribution in [0.25, 0.3) is 0 Å². The number of carbonyl (C=O) groups is 1. The molecule has 0 aromatic heterocycles. The third-order valence-corrected chi connectivity index (χ3v) is 3.73. The van der Waals surface area contributed by atoms with Crippen molar-refractivity contribution in [2.24, 2.45) is 0 Å². The summed E-state index contributed by atoms with van der Waals surface area (Å²) in [6, 6.07) is 5.49. The van der Waals surface area contributed by atoms with Crippen LogP contribution in [0, 0.1) is 0 Å². The number of halogens is 1. The Kier molecular flexibility index (Phi) is 7.10. The van der Waals surface area contributed by atoms with Gasteiger partial charge in [-0.3, -0.25) is 4.79 Å². The van der Waals surface area contributed by atoms with E-state index >= 15 is 0 Å². The number of anilines is 1. The molecule has 0 aliphatic carbocycles. The van der Waals surface area contributed by atoms with E-state index in [1.54, 1.807) is 20.2 Å². The number of rotatable bonds is 7. The van der Waals surface area contributed by atoms with Gasteiger partial charge < -0.3 is 10.2 Å². The molecule has 0 fully saturated rings. The molecule has 1 aromatic carbocycles. The minimum atomic E-state index is -0.0731. The Balaban J connectivity index is 2.61. The van der Waals surface area contributed by atoms with Crippen LogP contribution in [0.2, 0.25) is 5.02 Å². The molecule has 3 nitrogen and oxygen atoms in total. The van der Waals surface area contributed by atoms with Gasteiger partial charge in [-0.05, 0) is 43.0 Å². The number of thioether (sulfide) groups is 1. The first-order valence-electron chi connectivity index (χ1n) is 6.30. The zero-order chi connectivity index (χ0) is 14.3. The van der Waals surface area contributed by atoms with Crippen molar-refractivity contribution < 1.29 is 4.79 Å². The smallest absolute Gasteiger partial charge is 0.254 e. The maximum absolute atomic E-state index is 11.9. The third-order valence-electron chi connectivity index (χ3n) is 2.71. The van der Waals surface area contributed by atoms with Crippen LogP contribution in [0.15, 0.2) is 18.2 Å². The van der Waals surface area contributed by atoms with E-state index in [4.69, 9.17) is 11.6 Å². The summed E-state index contributed by atoms with van der Waals surface area (Å²) in [7, 11) is 3.45. The second-order valence-electron chi connectivity index (χ2n) is 4.52. The van der Waals surface area contributed by atoms with Crippen molar-refractivity contribution in [3.63, 3.8) is 0 Å². The molecular weight excluding hydrogens is 280 g/mol. The molecule has 0 radical (unpaired) electrons. The van der Waals surface area contributed by atoms with Crippen LogP contribution in [-0.4, -0.2) is 43.5 Å². The van der Waals surface area contributed by atoms with Gasteiger partial charge in [-0.2, -0.15) is 11.8 Å². The average Bonchev–Trinajstić information content (AvgIpc) is 2.39. The normalized spacial score (nSPS) is 10.3. The molecule has 0 saturated carbocycles. The monoisotopic (exact) mass is 300 g/mol. The average molecular weight is 301 g/mol. The van der Waals surface area contributed by atoms with E-state index in [1.807, 2.05) is 23.9 Å². The highest BCUT2D eigenvalue weighted by Crippen LogP contribution is 2.21. The van der Waals surface area contributed by atoms with Gasteiger partial charge in [0.1, 0.15) is 0 Å². The van der Waals surface area contributed by atoms with Gasteiger partial charge in [0.2, 0.25) is 0 Å². The van der Waals surface area contributed by atoms with Gasteiger partial charge in [0.25, 0.3) is 5.91 Å². The molecule has 106 valence electrons. The lowest BCUT2D eigenvalue weighted by atomic mass is 10.1. The Morgan fingerprint density at radius 3 is 2.74 bits per heavy atom. The molecule has 0 aliphatic rings. The van der Waals surface area contributed by atoms with Crippen molar-refractivity contribution in [2.75, 3.05) is 38.0 Å². The van der Waals surface area contributed by atoms with Crippen molar-refractivity contribution in [2.45, 2.75) is 12.8 Å². The molecule has 0 heterocycles. The largest absolute Gasteiger partial charge is 0.385 e. The number of nitrogens with one attached hydrogen (secondary N) is 1. The molecule has 1 rings (SSSR count). The van der Waals surface area contributed by atoms with Crippen LogP contribution in [0.5, 0.6) is 0 Å². The fraction of sp³-hybridized carbons (Fsp3) is 0.500. The zero-order valence-electron chi connectivity index (χ0n) is 11.7. The highest BCUT2D eigenvalue weighted by molar-refractivity contribution is 7.98. The summed E-state index contributed by atoms with van der Waals surface area (Å²) in [4.78, 5) is 13.5. The van der Waals surface area contributed by atoms with Crippen LogP contribution in [0.3, 0.4) is 0 Å². The number of unbranched alkanes of at least 4 members (excludes halogenated alkanes) is 1. The lowest BCUT2D eigenvalue weighted by molar-refractivity contribution is 0.0828. The Morgan fingerprint density at radius 1 is 1.37 bits per heavy atom. The quantitative estimate of drug-likeness (QED) is 0.781. The van der Waals surface area contributed by atoms with E-state index in [1.165, 1.54) is 17.1 Å². The fourth-order valence-corrected chi connectivity index (χ4v) is 2.34. The maximum Gasteiger partial charge on any atom is 0.254 e. The molecule has 0 bridgehead atoms. The van der Waals surface area contributed by atoms with Crippen LogP contribution >= 0.6 is 23.4 Å². The maximum atomic E-state index is 11.9. The molecule has 5 heteroatoms. The Bertz CT molecular complexity index is 424. The Labute approximate surface area is 124 Å². The van der Waals surface area contributed by atoms with Gasteiger partial charge in [-0.1, -0.05) is 11.6 Å². The van der Waals surface area contributed by atoms with Gasteiger partial charge in [0.05, 0.1) is 10.6 Å². The summed E-state index contributed by atoms with van der Waals surface area (Å²) < 4.78 is 0. The summed E-state index contributed by atoms with van der Waals surface area (Å²) in [5, 5.41) is 3.82. The SMILES string of the molecule is CSCCCCNc1ccc(Cl)c(C(=O)N(C)C)c1. The van der Waals surface area contributed by atoms with Gasteiger partial charge >= 0.3 is 0 Å². The zero-order valence-corrected chi connectivity index (χ0v) is 13.3. The summed E-state index contributed by atoms with van der Waals surface area (Å²) in [5.74, 6) is 1.11. The number of amides is 1. The third kappa shape index (κ3) is 5.33. The first-order chi connectivity index (χ1) is 9.06. The van der Waals surface area contributed by atoms with Crippen molar-refractivity contribution >= 4 is 35.0 Å². The number of benzene rings is 1. The van der Waals surface area contributed by atoms with E-state index in [-0.39, 0.29) is 5.91 Å². The Morgan fingerprint density at radius 2 is 2.11 bits per heavy atom. The molecule has 1 aromatic rings. The van der Waals surface area contributed by atoms with Crippen LogP contribution in [-0.2, 0) is 0 Å². The topological polar surface area (TPSA) is 32.3 Å². The van der Waals surface area contributed by atoms with E-state index < -0.39 is 0 Å². The number of hydrogen-bond acceptors (Lipinski definition) is 3. The lowest BCUT2D eigenvalue weighted by Gasteiger charge is -2.13. The molecule has 0 saturated heterocycles. The highest BCUT2D eigenvalue weighted by atomic mass is 35.5. The molecule has 0 atom stereocenters. The Hall–Kier alpha value is -0.870. The summed E-state index contributed by atoms with van der Waals surface area (Å²) in [6.45, 7) is 0.914. The molecule has 0 aliphatic heterocycles. The van der Waals surface area contributed by atoms with Crippen LogP contribution < -0.4 is 5.32 Å². The fourth-order valence-electron chi connectivity index (χ4n) is 1.64. The predicted octanol–water partition coefficient (Wildman–Crippen LogP) is 3.60. The van der Waals surface area contributed by atoms with Crippen molar-refractivity contribution in [1.82, 2.24) is 4.90 Å². The van der Waals surface area contributed by atoms with Crippen molar-refractivity contribution in [1.29, 1.82) is 0 Å². The molecule has 0 unspecified atom stereocenters. The van der Waals surface area contributed by atoms with Gasteiger partial charge in [-0.15, -0.1) is 0 Å². The second-order valence-corrected chi connectivity index (χ2v) is 5.91. The van der Waals surface area contributed by atoms with Crippen LogP contribution in [0.4, 0.5) is 5.69 Å². The minimum absolute atomic E-state index is 0.0731. The predicted molar refractivity (Wildman–Crippen MR) is 85.6 cm³/mol. The summed E-state index contributed by atoms with van der Waals surface area (Å²) >= 11 is 7.92. The first-order valence-corrected chi connectivity index (χ1v) is 8.07. The van der Waals surface area contributed by atoms with Gasteiger partial charge in [-0.25, -0.2) is 0 Å². The van der Waals surface area contributed by atoms with Gasteiger partial charge in [0, 0.05) is 26.3 Å². The standard InChI is InChI=1S/C14H21ClN2OS/c1-17(2)14(18)12-10-11(6-7-13(12)15)16-8-4-5-9-19-3/h6-7,10,16H,4-5,8-9H2,1-3H3. The number of carbonyl (C=O) groups excluding carboxylic acids is 1.